The topological polar surface area (TPSA) is 377 Å². The van der Waals surface area contributed by atoms with Crippen LogP contribution in [0.1, 0.15) is 63.9 Å². The van der Waals surface area contributed by atoms with Gasteiger partial charge in [0.2, 0.25) is 46.7 Å². The first kappa shape index (κ1) is 58.3. The second-order valence-corrected chi connectivity index (χ2v) is 21.2. The van der Waals surface area contributed by atoms with Crippen LogP contribution < -0.4 is 53.7 Å². The Morgan fingerprint density at radius 2 is 1.52 bits per heavy atom. The number of carboxylic acid groups (broad SMARTS) is 1. The first-order valence-electron chi connectivity index (χ1n) is 26.4. The van der Waals surface area contributed by atoms with Gasteiger partial charge in [0.15, 0.2) is 5.43 Å². The number of primary amides is 1. The summed E-state index contributed by atoms with van der Waals surface area (Å²) in [5.41, 5.74) is 14.3. The molecule has 13 N–H and O–H groups in total. The van der Waals surface area contributed by atoms with Crippen LogP contribution in [-0.2, 0) is 36.1 Å². The number of amides is 6. The van der Waals surface area contributed by atoms with E-state index in [2.05, 4.69) is 46.9 Å². The number of nitrogens with zero attached hydrogens (tertiary/aromatic N) is 4. The number of rotatable bonds is 16. The Kier molecular flexibility index (Phi) is 18.3. The van der Waals surface area contributed by atoms with Crippen molar-refractivity contribution in [1.29, 1.82) is 0 Å². The quantitative estimate of drug-likeness (QED) is 0.0472. The SMILES string of the molecule is NCCCC[C@@H]1NC(=O)c2cc(NC(=O)CNC(=O)C3CCN(c4nc(Cl)nc(Nc5ccc(-c6c7ccc(=O)cc-7oc7cc(O)ccc67)c(C(=O)O)c5)n4)CC3)ccc2CSC[C@@H](C(N)=O)NC(=O)[C@H](Cc2ccc(O)cc2)NC1=O. The van der Waals surface area contributed by atoms with E-state index in [9.17, 15) is 53.7 Å². The zero-order valence-electron chi connectivity index (χ0n) is 44.3. The van der Waals surface area contributed by atoms with E-state index >= 15 is 0 Å². The van der Waals surface area contributed by atoms with Crippen molar-refractivity contribution in [3.8, 4) is 33.9 Å². The Hall–Kier alpha value is -9.33. The van der Waals surface area contributed by atoms with Gasteiger partial charge in [0, 0.05) is 82.5 Å². The van der Waals surface area contributed by atoms with Crippen molar-refractivity contribution in [3.63, 3.8) is 0 Å². The largest absolute Gasteiger partial charge is 0.508 e. The molecule has 1 aliphatic carbocycles. The summed E-state index contributed by atoms with van der Waals surface area (Å²) in [6.07, 6.45) is 1.84. The van der Waals surface area contributed by atoms with Crippen molar-refractivity contribution < 1.29 is 53.3 Å². The monoisotopic (exact) mass is 1170 g/mol. The van der Waals surface area contributed by atoms with E-state index in [0.717, 1.165) is 0 Å². The maximum Gasteiger partial charge on any atom is 0.336 e. The molecule has 3 atom stereocenters. The minimum absolute atomic E-state index is 0.00113. The van der Waals surface area contributed by atoms with E-state index in [0.29, 0.717) is 84.2 Å². The van der Waals surface area contributed by atoms with Crippen LogP contribution in [0.2, 0.25) is 5.28 Å². The van der Waals surface area contributed by atoms with Crippen molar-refractivity contribution >= 4 is 99.0 Å². The number of nitrogens with two attached hydrogens (primary N) is 2. The number of unbranched alkanes of at least 4 members (excludes halogenated alkanes) is 1. The lowest BCUT2D eigenvalue weighted by atomic mass is 9.90. The van der Waals surface area contributed by atoms with E-state index < -0.39 is 66.1 Å². The number of benzene rings is 5. The molecule has 0 radical (unpaired) electrons. The zero-order chi connectivity index (χ0) is 58.9. The van der Waals surface area contributed by atoms with Crippen LogP contribution in [0.15, 0.2) is 106 Å². The summed E-state index contributed by atoms with van der Waals surface area (Å²) in [6, 6.07) is 20.5. The number of aromatic nitrogens is 3. The number of carboxylic acids is 1. The lowest BCUT2D eigenvalue weighted by Gasteiger charge is -2.31. The summed E-state index contributed by atoms with van der Waals surface area (Å²) in [7, 11) is 0. The summed E-state index contributed by atoms with van der Waals surface area (Å²) in [5.74, 6) is -4.99. The number of piperidine rings is 1. The summed E-state index contributed by atoms with van der Waals surface area (Å²) < 4.78 is 5.94. The third-order valence-electron chi connectivity index (χ3n) is 14.0. The highest BCUT2D eigenvalue weighted by Gasteiger charge is 2.32. The third-order valence-corrected chi connectivity index (χ3v) is 15.3. The van der Waals surface area contributed by atoms with Gasteiger partial charge in [-0.05, 0) is 128 Å². The normalized spacial score (nSPS) is 17.1. The molecule has 3 aliphatic heterocycles. The third kappa shape index (κ3) is 14.4. The van der Waals surface area contributed by atoms with Crippen LogP contribution in [0.3, 0.4) is 0 Å². The Labute approximate surface area is 482 Å². The number of hydrogen-bond donors (Lipinski definition) is 11. The van der Waals surface area contributed by atoms with Gasteiger partial charge in [-0.3, -0.25) is 33.6 Å². The fourth-order valence-corrected chi connectivity index (χ4v) is 11.0. The molecular formula is C57H57ClN12O12S. The average molecular weight is 1170 g/mol. The predicted octanol–water partition coefficient (Wildman–Crippen LogP) is 4.40. The van der Waals surface area contributed by atoms with Gasteiger partial charge in [-0.2, -0.15) is 26.7 Å². The van der Waals surface area contributed by atoms with E-state index in [1.165, 1.54) is 60.3 Å². The summed E-state index contributed by atoms with van der Waals surface area (Å²) in [4.78, 5) is 121. The van der Waals surface area contributed by atoms with Crippen molar-refractivity contribution in [2.75, 3.05) is 47.5 Å². The van der Waals surface area contributed by atoms with Crippen LogP contribution in [0.5, 0.6) is 11.5 Å². The standard InChI is InChI=1S/C57H57ClN12O12S/c58-55-67-56(63-33-8-13-37(41(23-33)54(80)81)48-38-14-11-35(72)24-45(38)82-46-25-36(73)12-15-39(46)48)69-57(68-55)70-19-16-30(17-20-70)50(76)61-26-47(74)62-32-7-6-31-27-83-28-44(49(60)75)66-53(79)43(21-29-4-9-34(71)10-5-29)65-52(78)42(3-1-2-18-59)64-51(77)40(31)22-32/h4-15,22-25,30,42-44,71-72H,1-3,16-21,26-28,59H2,(H2,60,75)(H,61,76)(H,62,74)(H,64,77)(H,65,78)(H,66,79)(H,80,81)(H,63,67,68,69)/t42-,43-,44-/m0/s1. The summed E-state index contributed by atoms with van der Waals surface area (Å²) >= 11 is 7.61. The fraction of sp³-hybridized carbons (Fsp3) is 0.281. The Morgan fingerprint density at radius 3 is 2.27 bits per heavy atom. The van der Waals surface area contributed by atoms with Gasteiger partial charge in [-0.25, -0.2) is 4.79 Å². The maximum absolute atomic E-state index is 14.2. The van der Waals surface area contributed by atoms with Crippen LogP contribution >= 0.6 is 23.4 Å². The predicted molar refractivity (Wildman–Crippen MR) is 309 cm³/mol. The number of halogens is 1. The number of fused-ring (bicyclic) bond motifs is 3. The summed E-state index contributed by atoms with van der Waals surface area (Å²) in [6.45, 7) is 0.568. The molecule has 4 heterocycles. The van der Waals surface area contributed by atoms with Crippen molar-refractivity contribution in [2.45, 2.75) is 62.4 Å². The average Bonchev–Trinajstić information content (AvgIpc) is 2.81. The highest BCUT2D eigenvalue weighted by Crippen LogP contribution is 2.43. The molecular weight excluding hydrogens is 1110 g/mol. The fourth-order valence-electron chi connectivity index (χ4n) is 9.78. The number of aromatic hydroxyl groups is 2. The number of carbonyl (C=O) groups excluding carboxylic acids is 6. The lowest BCUT2D eigenvalue weighted by molar-refractivity contribution is -0.131. The van der Waals surface area contributed by atoms with Crippen molar-refractivity contribution in [3.05, 3.63) is 135 Å². The van der Waals surface area contributed by atoms with Gasteiger partial charge < -0.3 is 68.0 Å². The first-order valence-corrected chi connectivity index (χ1v) is 27.9. The summed E-state index contributed by atoms with van der Waals surface area (Å²) in [5, 5.41) is 47.5. The minimum atomic E-state index is -1.26. The van der Waals surface area contributed by atoms with Crippen LogP contribution in [0.25, 0.3) is 33.4 Å². The Bertz CT molecular complexity index is 3670. The number of phenols is 2. The molecule has 0 bridgehead atoms. The van der Waals surface area contributed by atoms with E-state index in [1.54, 1.807) is 48.5 Å². The second kappa shape index (κ2) is 26.1. The molecule has 83 heavy (non-hydrogen) atoms. The van der Waals surface area contributed by atoms with E-state index in [4.69, 9.17) is 27.5 Å². The second-order valence-electron chi connectivity index (χ2n) is 19.9. The van der Waals surface area contributed by atoms with Crippen LogP contribution in [-0.4, -0.2) is 122 Å². The molecule has 9 rings (SSSR count). The van der Waals surface area contributed by atoms with Crippen LogP contribution in [0, 0.1) is 5.92 Å². The highest BCUT2D eigenvalue weighted by atomic mass is 35.5. The molecule has 24 nitrogen and oxygen atoms in total. The number of thioether (sulfide) groups is 1. The number of aromatic carboxylic acids is 1. The number of anilines is 4. The van der Waals surface area contributed by atoms with E-state index in [-0.39, 0.29) is 92.5 Å². The number of hydrogen-bond acceptors (Lipinski definition) is 18. The molecule has 5 aromatic rings. The van der Waals surface area contributed by atoms with Gasteiger partial charge in [-0.15, -0.1) is 0 Å². The first-order chi connectivity index (χ1) is 39.9. The lowest BCUT2D eigenvalue weighted by Crippen LogP contribution is -2.57. The van der Waals surface area contributed by atoms with Crippen molar-refractivity contribution in [2.24, 2.45) is 17.4 Å². The van der Waals surface area contributed by atoms with Gasteiger partial charge in [0.05, 0.1) is 12.1 Å². The molecule has 0 saturated carbocycles. The minimum Gasteiger partial charge on any atom is -0.508 e. The molecule has 4 aromatic carbocycles. The molecule has 6 amide bonds. The maximum atomic E-state index is 14.2. The molecule has 430 valence electrons. The molecule has 1 saturated heterocycles. The van der Waals surface area contributed by atoms with Crippen LogP contribution in [0.4, 0.5) is 23.3 Å². The number of phenolic OH excluding ortho intramolecular Hbond substituents is 2. The molecule has 0 spiro atoms. The molecule has 4 aliphatic rings. The molecule has 0 unspecified atom stereocenters. The molecule has 1 aromatic heterocycles. The molecule has 26 heteroatoms. The number of carbonyl (C=O) groups is 7. The van der Waals surface area contributed by atoms with E-state index in [1.807, 2.05) is 4.90 Å². The zero-order valence-corrected chi connectivity index (χ0v) is 45.9. The van der Waals surface area contributed by atoms with Gasteiger partial charge >= 0.3 is 5.97 Å². The molecule has 1 fully saturated rings. The van der Waals surface area contributed by atoms with Gasteiger partial charge in [-0.1, -0.05) is 24.3 Å². The van der Waals surface area contributed by atoms with Gasteiger partial charge in [0.1, 0.15) is 41.0 Å². The Balaban J connectivity index is 0.830. The van der Waals surface area contributed by atoms with Gasteiger partial charge in [0.25, 0.3) is 5.91 Å². The Morgan fingerprint density at radius 1 is 0.783 bits per heavy atom. The van der Waals surface area contributed by atoms with Crippen molar-refractivity contribution in [1.82, 2.24) is 36.2 Å². The number of nitrogens with one attached hydrogen (secondary N) is 6. The smallest absolute Gasteiger partial charge is 0.336 e. The highest BCUT2D eigenvalue weighted by molar-refractivity contribution is 7.98.